The van der Waals surface area contributed by atoms with Crippen LogP contribution in [0.15, 0.2) is 35.1 Å². The largest absolute Gasteiger partial charge is 0.292 e. The summed E-state index contributed by atoms with van der Waals surface area (Å²) in [6.45, 7) is 7.61. The van der Waals surface area contributed by atoms with Crippen molar-refractivity contribution in [3.05, 3.63) is 45.6 Å². The molecule has 0 aliphatic heterocycles. The monoisotopic (exact) mass is 331 g/mol. The van der Waals surface area contributed by atoms with E-state index in [-0.39, 0.29) is 11.5 Å². The molecule has 24 heavy (non-hydrogen) atoms. The Bertz CT molecular complexity index is 663. The van der Waals surface area contributed by atoms with Gasteiger partial charge >= 0.3 is 0 Å². The van der Waals surface area contributed by atoms with Crippen LogP contribution in [0.2, 0.25) is 0 Å². The van der Waals surface area contributed by atoms with Crippen molar-refractivity contribution in [3.8, 4) is 0 Å². The Morgan fingerprint density at radius 2 is 2.08 bits per heavy atom. The maximum Gasteiger partial charge on any atom is 0.270 e. The number of ketones is 1. The number of carbonyl (C=O) groups excluding carboxylic acids is 1. The molecule has 0 N–H and O–H groups in total. The minimum Gasteiger partial charge on any atom is -0.292 e. The maximum absolute atomic E-state index is 13.0. The molecule has 0 amide bonds. The highest BCUT2D eigenvalue weighted by atomic mass is 16.6. The van der Waals surface area contributed by atoms with E-state index < -0.39 is 10.3 Å². The summed E-state index contributed by atoms with van der Waals surface area (Å²) < 4.78 is 0. The molecular weight excluding hydrogens is 306 g/mol. The van der Waals surface area contributed by atoms with Crippen LogP contribution in [-0.2, 0) is 4.79 Å². The summed E-state index contributed by atoms with van der Waals surface area (Å²) in [4.78, 5) is 23.5. The van der Waals surface area contributed by atoms with Gasteiger partial charge < -0.3 is 0 Å². The predicted octanol–water partition coefficient (Wildman–Crippen LogP) is 4.27. The summed E-state index contributed by atoms with van der Waals surface area (Å²) in [7, 11) is 1.70. The Morgan fingerprint density at radius 1 is 1.42 bits per heavy atom. The number of hydrogen-bond acceptors (Lipinski definition) is 5. The molecule has 1 rings (SSSR count). The second-order valence-corrected chi connectivity index (χ2v) is 6.24. The van der Waals surface area contributed by atoms with Crippen molar-refractivity contribution in [2.45, 2.75) is 40.5 Å². The van der Waals surface area contributed by atoms with Crippen molar-refractivity contribution in [3.63, 3.8) is 0 Å². The number of nitro benzene ring substituents is 1. The van der Waals surface area contributed by atoms with Gasteiger partial charge in [0, 0.05) is 30.8 Å². The number of nitrogens with zero attached hydrogens (tertiary/aromatic N) is 3. The third-order valence-corrected chi connectivity index (χ3v) is 3.74. The molecule has 0 radical (unpaired) electrons. The third-order valence-electron chi connectivity index (χ3n) is 3.74. The van der Waals surface area contributed by atoms with Crippen LogP contribution in [0.5, 0.6) is 0 Å². The van der Waals surface area contributed by atoms with Crippen LogP contribution in [-0.4, -0.2) is 29.0 Å². The Balaban J connectivity index is 3.35. The minimum absolute atomic E-state index is 0.00925. The van der Waals surface area contributed by atoms with Crippen LogP contribution in [0, 0.1) is 15.5 Å². The molecule has 0 saturated carbocycles. The second-order valence-electron chi connectivity index (χ2n) is 6.24. The first-order valence-corrected chi connectivity index (χ1v) is 7.96. The summed E-state index contributed by atoms with van der Waals surface area (Å²) in [6.07, 6.45) is 4.90. The van der Waals surface area contributed by atoms with Gasteiger partial charge in [-0.2, -0.15) is 5.10 Å². The SMILES string of the molecule is C/C=N\N(C)/C(=C\c1cccc([N+](=O)[O-])c1)C(=O)C(C)(C)CCC. The van der Waals surface area contributed by atoms with E-state index in [0.29, 0.717) is 11.3 Å². The minimum atomic E-state index is -0.529. The third kappa shape index (κ3) is 5.01. The lowest BCUT2D eigenvalue weighted by molar-refractivity contribution is -0.384. The van der Waals surface area contributed by atoms with Gasteiger partial charge in [0.05, 0.1) is 4.92 Å². The van der Waals surface area contributed by atoms with Crippen molar-refractivity contribution >= 4 is 23.8 Å². The fraction of sp³-hybridized carbons (Fsp3) is 0.444. The molecule has 0 atom stereocenters. The van der Waals surface area contributed by atoms with Gasteiger partial charge in [-0.25, -0.2) is 0 Å². The summed E-state index contributed by atoms with van der Waals surface area (Å²) in [5, 5.41) is 16.6. The number of benzene rings is 1. The quantitative estimate of drug-likeness (QED) is 0.308. The van der Waals surface area contributed by atoms with Crippen molar-refractivity contribution in [1.82, 2.24) is 5.01 Å². The Kier molecular flexibility index (Phi) is 6.82. The van der Waals surface area contributed by atoms with Gasteiger partial charge in [0.15, 0.2) is 5.78 Å². The van der Waals surface area contributed by atoms with Crippen LogP contribution < -0.4 is 0 Å². The van der Waals surface area contributed by atoms with Crippen LogP contribution in [0.1, 0.15) is 46.1 Å². The topological polar surface area (TPSA) is 75.8 Å². The number of Topliss-reactive ketones (excluding diaryl/α,β-unsaturated/α-hetero) is 1. The van der Waals surface area contributed by atoms with Crippen LogP contribution in [0.4, 0.5) is 5.69 Å². The molecule has 0 heterocycles. The summed E-state index contributed by atoms with van der Waals surface area (Å²) in [5.74, 6) is -0.0380. The lowest BCUT2D eigenvalue weighted by Gasteiger charge is -2.27. The van der Waals surface area contributed by atoms with Crippen molar-refractivity contribution in [2.24, 2.45) is 10.5 Å². The number of non-ortho nitro benzene ring substituents is 1. The highest BCUT2D eigenvalue weighted by molar-refractivity contribution is 6.02. The van der Waals surface area contributed by atoms with Crippen LogP contribution in [0.25, 0.3) is 6.08 Å². The van der Waals surface area contributed by atoms with Gasteiger partial charge in [0.25, 0.3) is 5.69 Å². The first kappa shape index (κ1) is 19.5. The number of nitro groups is 1. The smallest absolute Gasteiger partial charge is 0.270 e. The van der Waals surface area contributed by atoms with E-state index in [1.807, 2.05) is 20.8 Å². The molecule has 0 aliphatic carbocycles. The molecule has 0 aliphatic rings. The summed E-state index contributed by atoms with van der Waals surface area (Å²) in [6, 6.07) is 6.21. The van der Waals surface area contributed by atoms with Gasteiger partial charge in [0.1, 0.15) is 5.70 Å². The zero-order chi connectivity index (χ0) is 18.3. The lowest BCUT2D eigenvalue weighted by atomic mass is 9.81. The van der Waals surface area contributed by atoms with E-state index in [0.717, 1.165) is 12.8 Å². The number of hydrazone groups is 1. The fourth-order valence-electron chi connectivity index (χ4n) is 2.51. The molecule has 6 nitrogen and oxygen atoms in total. The molecule has 0 spiro atoms. The van der Waals surface area contributed by atoms with Gasteiger partial charge in [-0.15, -0.1) is 0 Å². The first-order chi connectivity index (χ1) is 11.2. The van der Waals surface area contributed by atoms with E-state index in [9.17, 15) is 14.9 Å². The van der Waals surface area contributed by atoms with E-state index in [4.69, 9.17) is 0 Å². The second kappa shape index (κ2) is 8.38. The number of likely N-dealkylation sites (N-methyl/N-ethyl adjacent to an activating group) is 1. The molecule has 130 valence electrons. The number of carbonyl (C=O) groups is 1. The Hall–Kier alpha value is -2.50. The Morgan fingerprint density at radius 3 is 2.62 bits per heavy atom. The van der Waals surface area contributed by atoms with E-state index in [1.165, 1.54) is 17.1 Å². The molecule has 0 bridgehead atoms. The standard InChI is InChI=1S/C18H25N3O3/c1-6-11-18(3,4)17(22)16(20(5)19-7-2)13-14-9-8-10-15(12-14)21(23)24/h7-10,12-13H,6,11H2,1-5H3/b16-13-,19-7-. The normalized spacial score (nSPS) is 12.5. The molecule has 0 aromatic heterocycles. The predicted molar refractivity (Wildman–Crippen MR) is 96.7 cm³/mol. The molecule has 1 aromatic carbocycles. The number of rotatable bonds is 8. The molecule has 0 saturated heterocycles. The number of allylic oxidation sites excluding steroid dienone is 1. The fourth-order valence-corrected chi connectivity index (χ4v) is 2.51. The average Bonchev–Trinajstić information content (AvgIpc) is 2.52. The van der Waals surface area contributed by atoms with Gasteiger partial charge in [-0.1, -0.05) is 39.3 Å². The Labute approximate surface area is 143 Å². The van der Waals surface area contributed by atoms with Gasteiger partial charge in [0.2, 0.25) is 0 Å². The number of hydrogen-bond donors (Lipinski definition) is 0. The molecule has 1 aromatic rings. The summed E-state index contributed by atoms with van der Waals surface area (Å²) >= 11 is 0. The zero-order valence-electron chi connectivity index (χ0n) is 14.9. The lowest BCUT2D eigenvalue weighted by Crippen LogP contribution is -2.31. The van der Waals surface area contributed by atoms with Crippen LogP contribution >= 0.6 is 0 Å². The highest BCUT2D eigenvalue weighted by Gasteiger charge is 2.31. The van der Waals surface area contributed by atoms with E-state index in [2.05, 4.69) is 5.10 Å². The molecule has 6 heteroatoms. The summed E-state index contributed by atoms with van der Waals surface area (Å²) in [5.41, 5.74) is 0.466. The first-order valence-electron chi connectivity index (χ1n) is 7.96. The van der Waals surface area contributed by atoms with Crippen LogP contribution in [0.3, 0.4) is 0 Å². The molecule has 0 fully saturated rings. The van der Waals surface area contributed by atoms with E-state index in [1.54, 1.807) is 38.4 Å². The van der Waals surface area contributed by atoms with Crippen molar-refractivity contribution in [1.29, 1.82) is 0 Å². The molecular formula is C18H25N3O3. The molecule has 0 unspecified atom stereocenters. The van der Waals surface area contributed by atoms with Gasteiger partial charge in [-0.05, 0) is 25.0 Å². The average molecular weight is 331 g/mol. The van der Waals surface area contributed by atoms with Crippen molar-refractivity contribution < 1.29 is 9.72 Å². The highest BCUT2D eigenvalue weighted by Crippen LogP contribution is 2.29. The zero-order valence-corrected chi connectivity index (χ0v) is 14.9. The van der Waals surface area contributed by atoms with Gasteiger partial charge in [-0.3, -0.25) is 19.9 Å². The maximum atomic E-state index is 13.0. The van der Waals surface area contributed by atoms with E-state index >= 15 is 0 Å². The van der Waals surface area contributed by atoms with Crippen molar-refractivity contribution in [2.75, 3.05) is 7.05 Å².